The molecule has 0 aromatic carbocycles. The van der Waals surface area contributed by atoms with Crippen molar-refractivity contribution in [1.29, 1.82) is 5.26 Å². The third kappa shape index (κ3) is 2.59. The number of hydrogen-bond acceptors (Lipinski definition) is 5. The number of aromatic nitrogens is 3. The quantitative estimate of drug-likeness (QED) is 0.496. The molecule has 21 heavy (non-hydrogen) atoms. The molecule has 2 aromatic rings. The molecular weight excluding hydrogens is 283 g/mol. The lowest BCUT2D eigenvalue weighted by atomic mass is 10.1. The molecule has 0 unspecified atom stereocenters. The van der Waals surface area contributed by atoms with Crippen LogP contribution in [0.25, 0.3) is 11.3 Å². The first-order valence-electron chi connectivity index (χ1n) is 6.36. The van der Waals surface area contributed by atoms with E-state index in [4.69, 9.17) is 12.7 Å². The Labute approximate surface area is 129 Å². The SMILES string of the molecule is [B]OC(=C(C#N)c1sc(C)nc1C)c1c(C)c(C)nn1C. The van der Waals surface area contributed by atoms with Gasteiger partial charge in [0, 0.05) is 12.6 Å². The van der Waals surface area contributed by atoms with Crippen molar-refractivity contribution in [3.63, 3.8) is 0 Å². The molecule has 2 aromatic heterocycles. The first kappa shape index (κ1) is 15.3. The van der Waals surface area contributed by atoms with Crippen molar-refractivity contribution in [3.8, 4) is 6.07 Å². The summed E-state index contributed by atoms with van der Waals surface area (Å²) in [7, 11) is 7.26. The fraction of sp³-hybridized carbons (Fsp3) is 0.357. The van der Waals surface area contributed by atoms with E-state index in [-0.39, 0.29) is 0 Å². The molecule has 0 amide bonds. The minimum absolute atomic E-state index is 0.324. The summed E-state index contributed by atoms with van der Waals surface area (Å²) in [6.45, 7) is 7.60. The molecular formula is C14H15BN4OS. The van der Waals surface area contributed by atoms with Gasteiger partial charge in [0.1, 0.15) is 23.1 Å². The Kier molecular flexibility index (Phi) is 4.19. The van der Waals surface area contributed by atoms with E-state index < -0.39 is 0 Å². The molecule has 0 aliphatic rings. The van der Waals surface area contributed by atoms with Crippen molar-refractivity contribution in [2.45, 2.75) is 27.7 Å². The highest BCUT2D eigenvalue weighted by molar-refractivity contribution is 7.13. The highest BCUT2D eigenvalue weighted by atomic mass is 32.1. The first-order chi connectivity index (χ1) is 9.90. The average Bonchev–Trinajstić information content (AvgIpc) is 2.88. The predicted molar refractivity (Wildman–Crippen MR) is 83.5 cm³/mol. The average molecular weight is 298 g/mol. The Morgan fingerprint density at radius 1 is 1.29 bits per heavy atom. The molecule has 0 aliphatic carbocycles. The Morgan fingerprint density at radius 3 is 2.33 bits per heavy atom. The van der Waals surface area contributed by atoms with Gasteiger partial charge in [-0.1, -0.05) is 0 Å². The van der Waals surface area contributed by atoms with Gasteiger partial charge in [-0.3, -0.25) is 4.68 Å². The zero-order chi connectivity index (χ0) is 15.7. The van der Waals surface area contributed by atoms with Crippen LogP contribution in [0.5, 0.6) is 0 Å². The van der Waals surface area contributed by atoms with Gasteiger partial charge in [-0.2, -0.15) is 10.4 Å². The largest absolute Gasteiger partial charge is 0.565 e. The van der Waals surface area contributed by atoms with Crippen molar-refractivity contribution in [1.82, 2.24) is 14.8 Å². The summed E-state index contributed by atoms with van der Waals surface area (Å²) >= 11 is 1.45. The lowest BCUT2D eigenvalue weighted by molar-refractivity contribution is 0.559. The van der Waals surface area contributed by atoms with Gasteiger partial charge in [0.25, 0.3) is 0 Å². The molecule has 0 saturated heterocycles. The summed E-state index contributed by atoms with van der Waals surface area (Å²) in [6.07, 6.45) is 0. The second-order valence-corrected chi connectivity index (χ2v) is 5.97. The van der Waals surface area contributed by atoms with Crippen molar-refractivity contribution >= 4 is 30.7 Å². The van der Waals surface area contributed by atoms with Crippen LogP contribution in [-0.4, -0.2) is 22.8 Å². The molecule has 0 aliphatic heterocycles. The summed E-state index contributed by atoms with van der Waals surface area (Å²) in [5, 5.41) is 14.8. The van der Waals surface area contributed by atoms with Crippen LogP contribution in [0.15, 0.2) is 0 Å². The predicted octanol–water partition coefficient (Wildman–Crippen LogP) is 2.60. The van der Waals surface area contributed by atoms with Crippen molar-refractivity contribution in [3.05, 3.63) is 32.5 Å². The number of allylic oxidation sites excluding steroid dienone is 1. The molecule has 2 radical (unpaired) electrons. The second-order valence-electron chi connectivity index (χ2n) is 4.76. The van der Waals surface area contributed by atoms with Crippen LogP contribution in [-0.2, 0) is 11.7 Å². The molecule has 5 nitrogen and oxygen atoms in total. The number of nitrogens with zero attached hydrogens (tertiary/aromatic N) is 4. The maximum absolute atomic E-state index is 9.57. The molecule has 0 bridgehead atoms. The van der Waals surface area contributed by atoms with Crippen LogP contribution in [0.1, 0.15) is 32.5 Å². The summed E-state index contributed by atoms with van der Waals surface area (Å²) in [5.74, 6) is 0.324. The molecule has 0 spiro atoms. The smallest absolute Gasteiger partial charge is 0.374 e. The Hall–Kier alpha value is -2.07. The molecule has 0 atom stereocenters. The van der Waals surface area contributed by atoms with E-state index in [0.717, 1.165) is 26.8 Å². The summed E-state index contributed by atoms with van der Waals surface area (Å²) in [5.41, 5.74) is 3.69. The number of nitriles is 1. The normalized spacial score (nSPS) is 12.0. The van der Waals surface area contributed by atoms with Crippen LogP contribution in [0.2, 0.25) is 0 Å². The highest BCUT2D eigenvalue weighted by Gasteiger charge is 2.22. The molecule has 0 saturated carbocycles. The number of aryl methyl sites for hydroxylation is 4. The molecule has 2 rings (SSSR count). The molecule has 0 fully saturated rings. The fourth-order valence-electron chi connectivity index (χ4n) is 2.28. The van der Waals surface area contributed by atoms with Gasteiger partial charge in [-0.05, 0) is 27.7 Å². The van der Waals surface area contributed by atoms with Crippen LogP contribution in [0.4, 0.5) is 0 Å². The summed E-state index contributed by atoms with van der Waals surface area (Å²) < 4.78 is 6.73. The van der Waals surface area contributed by atoms with Crippen molar-refractivity contribution in [2.24, 2.45) is 7.05 Å². The van der Waals surface area contributed by atoms with E-state index >= 15 is 0 Å². The third-order valence-electron chi connectivity index (χ3n) is 3.32. The van der Waals surface area contributed by atoms with E-state index in [0.29, 0.717) is 17.0 Å². The number of rotatable bonds is 3. The van der Waals surface area contributed by atoms with E-state index in [1.165, 1.54) is 11.3 Å². The van der Waals surface area contributed by atoms with Gasteiger partial charge in [0.2, 0.25) is 0 Å². The molecule has 7 heteroatoms. The fourth-order valence-corrected chi connectivity index (χ4v) is 3.19. The maximum atomic E-state index is 9.57. The lowest BCUT2D eigenvalue weighted by Gasteiger charge is -2.11. The Bertz CT molecular complexity index is 767. The van der Waals surface area contributed by atoms with Gasteiger partial charge in [-0.25, -0.2) is 4.98 Å². The standard InChI is InChI=1S/C14H15BN4OS/c1-7-8(2)18-19(5)12(7)13(20-15)11(6-16)14-9(3)17-10(4)21-14/h1-5H3. The summed E-state index contributed by atoms with van der Waals surface area (Å²) in [6, 6.07) is 2.19. The van der Waals surface area contributed by atoms with Gasteiger partial charge < -0.3 is 4.65 Å². The van der Waals surface area contributed by atoms with Gasteiger partial charge in [0.15, 0.2) is 0 Å². The monoisotopic (exact) mass is 298 g/mol. The van der Waals surface area contributed by atoms with Crippen LogP contribution < -0.4 is 0 Å². The van der Waals surface area contributed by atoms with Gasteiger partial charge >= 0.3 is 8.05 Å². The lowest BCUT2D eigenvalue weighted by Crippen LogP contribution is -2.03. The van der Waals surface area contributed by atoms with Crippen molar-refractivity contribution < 1.29 is 4.65 Å². The molecule has 106 valence electrons. The minimum Gasteiger partial charge on any atom is -0.565 e. The topological polar surface area (TPSA) is 63.7 Å². The van der Waals surface area contributed by atoms with E-state index in [2.05, 4.69) is 16.2 Å². The zero-order valence-corrected chi connectivity index (χ0v) is 13.5. The molecule has 0 N–H and O–H groups in total. The summed E-state index contributed by atoms with van der Waals surface area (Å²) in [4.78, 5) is 5.13. The van der Waals surface area contributed by atoms with E-state index in [1.807, 2.05) is 27.7 Å². The van der Waals surface area contributed by atoms with Gasteiger partial charge in [0.05, 0.1) is 21.3 Å². The van der Waals surface area contributed by atoms with Crippen LogP contribution in [0, 0.1) is 39.0 Å². The zero-order valence-electron chi connectivity index (χ0n) is 12.7. The second kappa shape index (κ2) is 5.74. The highest BCUT2D eigenvalue weighted by Crippen LogP contribution is 2.33. The van der Waals surface area contributed by atoms with E-state index in [1.54, 1.807) is 11.7 Å². The maximum Gasteiger partial charge on any atom is 0.374 e. The third-order valence-corrected chi connectivity index (χ3v) is 4.41. The van der Waals surface area contributed by atoms with Gasteiger partial charge in [-0.15, -0.1) is 11.3 Å². The minimum atomic E-state index is 0.324. The molecule has 2 heterocycles. The van der Waals surface area contributed by atoms with Crippen molar-refractivity contribution in [2.75, 3.05) is 0 Å². The Morgan fingerprint density at radius 2 is 1.95 bits per heavy atom. The van der Waals surface area contributed by atoms with Crippen LogP contribution >= 0.6 is 11.3 Å². The van der Waals surface area contributed by atoms with Crippen LogP contribution in [0.3, 0.4) is 0 Å². The first-order valence-corrected chi connectivity index (χ1v) is 7.18. The Balaban J connectivity index is 2.77. The van der Waals surface area contributed by atoms with E-state index in [9.17, 15) is 5.26 Å². The number of hydrogen-bond donors (Lipinski definition) is 0. The number of thiazole rings is 1.